The van der Waals surface area contributed by atoms with E-state index in [1.165, 1.54) is 10.6 Å². The number of aryl methyl sites for hydroxylation is 1. The van der Waals surface area contributed by atoms with E-state index in [-0.39, 0.29) is 28.7 Å². The lowest BCUT2D eigenvalue weighted by atomic mass is 9.92. The van der Waals surface area contributed by atoms with Crippen molar-refractivity contribution in [3.05, 3.63) is 56.9 Å². The molecule has 142 valence electrons. The average Bonchev–Trinajstić information content (AvgIpc) is 3.23. The first kappa shape index (κ1) is 16.7. The highest BCUT2D eigenvalue weighted by atomic mass is 19.1. The van der Waals surface area contributed by atoms with E-state index in [0.29, 0.717) is 49.6 Å². The Morgan fingerprint density at radius 2 is 2.19 bits per heavy atom. The van der Waals surface area contributed by atoms with Gasteiger partial charge in [-0.2, -0.15) is 4.39 Å². The second-order valence-corrected chi connectivity index (χ2v) is 7.62. The van der Waals surface area contributed by atoms with E-state index in [1.54, 1.807) is 24.2 Å². The number of hydrogen-bond acceptors (Lipinski definition) is 4. The van der Waals surface area contributed by atoms with Crippen LogP contribution in [0.25, 0.3) is 11.5 Å². The monoisotopic (exact) mass is 373 g/mol. The Balaban J connectivity index is 1.70. The third-order valence-electron chi connectivity index (χ3n) is 5.99. The smallest absolute Gasteiger partial charge is 0.260 e. The summed E-state index contributed by atoms with van der Waals surface area (Å²) < 4.78 is 37.2. The lowest BCUT2D eigenvalue weighted by Gasteiger charge is -2.33. The maximum Gasteiger partial charge on any atom is 0.260 e. The van der Waals surface area contributed by atoms with Crippen molar-refractivity contribution in [2.45, 2.75) is 18.9 Å². The van der Waals surface area contributed by atoms with Crippen molar-refractivity contribution in [2.75, 3.05) is 26.3 Å². The number of nitrogens with zero attached hydrogens (tertiary/aromatic N) is 2. The van der Waals surface area contributed by atoms with E-state index < -0.39 is 11.8 Å². The molecule has 1 fully saturated rings. The van der Waals surface area contributed by atoms with Gasteiger partial charge in [0.15, 0.2) is 5.95 Å². The van der Waals surface area contributed by atoms with Gasteiger partial charge in [0.1, 0.15) is 5.83 Å². The van der Waals surface area contributed by atoms with Crippen LogP contribution < -0.4 is 10.9 Å². The molecule has 0 aromatic carbocycles. The second-order valence-electron chi connectivity index (χ2n) is 7.62. The molecule has 5 nitrogen and oxygen atoms in total. The summed E-state index contributed by atoms with van der Waals surface area (Å²) in [6, 6.07) is 1.39. The molecule has 1 aliphatic carbocycles. The van der Waals surface area contributed by atoms with Crippen molar-refractivity contribution < 1.29 is 13.5 Å². The summed E-state index contributed by atoms with van der Waals surface area (Å²) in [6.07, 6.45) is 4.41. The fraction of sp³-hybridized carbons (Fsp3) is 0.450. The van der Waals surface area contributed by atoms with Crippen molar-refractivity contribution in [3.8, 4) is 0 Å². The van der Waals surface area contributed by atoms with Crippen LogP contribution in [0, 0.1) is 5.92 Å². The molecule has 1 N–H and O–H groups in total. The Morgan fingerprint density at radius 1 is 1.33 bits per heavy atom. The van der Waals surface area contributed by atoms with Crippen LogP contribution in [0.5, 0.6) is 0 Å². The number of hydrogen-bond donors (Lipinski definition) is 1. The summed E-state index contributed by atoms with van der Waals surface area (Å²) >= 11 is 0. The third-order valence-corrected chi connectivity index (χ3v) is 5.99. The zero-order valence-electron chi connectivity index (χ0n) is 15.1. The molecule has 4 aliphatic rings. The van der Waals surface area contributed by atoms with Gasteiger partial charge in [-0.25, -0.2) is 4.39 Å². The molecule has 0 saturated carbocycles. The number of nitrogens with one attached hydrogen (secondary N) is 1. The fourth-order valence-corrected chi connectivity index (χ4v) is 4.62. The van der Waals surface area contributed by atoms with E-state index in [9.17, 15) is 9.18 Å². The molecule has 1 aromatic heterocycles. The fourth-order valence-electron chi connectivity index (χ4n) is 4.62. The summed E-state index contributed by atoms with van der Waals surface area (Å²) in [6.45, 7) is 2.49. The molecule has 4 heterocycles. The molecule has 27 heavy (non-hydrogen) atoms. The van der Waals surface area contributed by atoms with Gasteiger partial charge in [0.2, 0.25) is 0 Å². The van der Waals surface area contributed by atoms with E-state index in [1.807, 2.05) is 0 Å². The number of allylic oxidation sites excluding steroid dienone is 1. The van der Waals surface area contributed by atoms with E-state index >= 15 is 4.39 Å². The highest BCUT2D eigenvalue weighted by Crippen LogP contribution is 2.46. The largest absolute Gasteiger partial charge is 0.384 e. The van der Waals surface area contributed by atoms with Crippen molar-refractivity contribution >= 4 is 11.5 Å². The minimum absolute atomic E-state index is 0.184. The van der Waals surface area contributed by atoms with Crippen molar-refractivity contribution in [2.24, 2.45) is 13.0 Å². The number of aromatic nitrogens is 1. The number of pyridine rings is 1. The normalized spacial score (nSPS) is 26.6. The minimum atomic E-state index is -0.575. The summed E-state index contributed by atoms with van der Waals surface area (Å²) in [5.41, 5.74) is 1.77. The molecule has 0 spiro atoms. The SMILES string of the molecule is Cn1ccc2c(c1=O)C1=C3C(=C(F)N(CC4CCOC4)C3CCN1)C=C2F. The Labute approximate surface area is 155 Å². The lowest BCUT2D eigenvalue weighted by Crippen LogP contribution is -2.41. The molecule has 7 heteroatoms. The molecule has 1 saturated heterocycles. The number of halogens is 2. The van der Waals surface area contributed by atoms with Gasteiger partial charge in [-0.3, -0.25) is 4.79 Å². The Morgan fingerprint density at radius 3 is 2.96 bits per heavy atom. The van der Waals surface area contributed by atoms with Crippen molar-refractivity contribution in [1.29, 1.82) is 0 Å². The van der Waals surface area contributed by atoms with Gasteiger partial charge < -0.3 is 19.5 Å². The number of fused-ring (bicyclic) bond motifs is 2. The summed E-state index contributed by atoms with van der Waals surface area (Å²) in [5, 5.41) is 3.26. The van der Waals surface area contributed by atoms with Crippen LogP contribution in [0.3, 0.4) is 0 Å². The van der Waals surface area contributed by atoms with Gasteiger partial charge in [-0.1, -0.05) is 0 Å². The highest BCUT2D eigenvalue weighted by Gasteiger charge is 2.43. The summed E-state index contributed by atoms with van der Waals surface area (Å²) in [7, 11) is 1.64. The Kier molecular flexibility index (Phi) is 3.75. The molecule has 2 unspecified atom stereocenters. The predicted octanol–water partition coefficient (Wildman–Crippen LogP) is 2.32. The lowest BCUT2D eigenvalue weighted by molar-refractivity contribution is 0.159. The molecule has 0 radical (unpaired) electrons. The van der Waals surface area contributed by atoms with Gasteiger partial charge in [-0.15, -0.1) is 0 Å². The first-order valence-corrected chi connectivity index (χ1v) is 9.36. The summed E-state index contributed by atoms with van der Waals surface area (Å²) in [4.78, 5) is 14.5. The van der Waals surface area contributed by atoms with E-state index in [2.05, 4.69) is 5.32 Å². The average molecular weight is 373 g/mol. The molecule has 1 aromatic rings. The first-order valence-electron chi connectivity index (χ1n) is 9.36. The maximum absolute atomic E-state index is 15.4. The predicted molar refractivity (Wildman–Crippen MR) is 97.9 cm³/mol. The topological polar surface area (TPSA) is 46.5 Å². The highest BCUT2D eigenvalue weighted by molar-refractivity contribution is 5.86. The number of rotatable bonds is 2. The number of ether oxygens (including phenoxy) is 1. The van der Waals surface area contributed by atoms with Crippen LogP contribution in [0.15, 0.2) is 40.2 Å². The van der Waals surface area contributed by atoms with Crippen molar-refractivity contribution in [3.63, 3.8) is 0 Å². The van der Waals surface area contributed by atoms with Crippen LogP contribution >= 0.6 is 0 Å². The summed E-state index contributed by atoms with van der Waals surface area (Å²) in [5.74, 6) is -0.705. The van der Waals surface area contributed by atoms with Crippen LogP contribution in [0.2, 0.25) is 0 Å². The molecule has 0 bridgehead atoms. The van der Waals surface area contributed by atoms with Crippen LogP contribution in [-0.4, -0.2) is 41.8 Å². The van der Waals surface area contributed by atoms with Crippen LogP contribution in [0.1, 0.15) is 24.0 Å². The first-order chi connectivity index (χ1) is 13.1. The minimum Gasteiger partial charge on any atom is -0.384 e. The van der Waals surface area contributed by atoms with Gasteiger partial charge in [-0.05, 0) is 25.0 Å². The third kappa shape index (κ3) is 2.41. The van der Waals surface area contributed by atoms with E-state index in [4.69, 9.17) is 4.74 Å². The Hall–Kier alpha value is -2.41. The molecular weight excluding hydrogens is 352 g/mol. The quantitative estimate of drug-likeness (QED) is 0.809. The zero-order chi connectivity index (χ0) is 18.7. The molecular formula is C20H21F2N3O2. The molecule has 2 atom stereocenters. The Bertz CT molecular complexity index is 970. The zero-order valence-corrected chi connectivity index (χ0v) is 15.1. The molecule has 3 aliphatic heterocycles. The molecule has 0 amide bonds. The van der Waals surface area contributed by atoms with Crippen molar-refractivity contribution in [1.82, 2.24) is 14.8 Å². The van der Waals surface area contributed by atoms with Gasteiger partial charge in [0, 0.05) is 55.6 Å². The standard InChI is InChI=1S/C20H21F2N3O2/c1-24-6-3-12-14(21)8-13-16-15(2-5-23-18(16)17(12)20(24)26)25(19(13)22)9-11-4-7-27-10-11/h3,6,8,11,15,23H,2,4-5,7,9-10H2,1H3. The second kappa shape index (κ2) is 6.05. The van der Waals surface area contributed by atoms with Crippen LogP contribution in [0.4, 0.5) is 8.78 Å². The van der Waals surface area contributed by atoms with Gasteiger partial charge in [0.25, 0.3) is 5.56 Å². The molecule has 5 rings (SSSR count). The van der Waals surface area contributed by atoms with Gasteiger partial charge in [0.05, 0.1) is 23.9 Å². The maximum atomic E-state index is 15.4. The van der Waals surface area contributed by atoms with Crippen LogP contribution in [-0.2, 0) is 11.8 Å². The van der Waals surface area contributed by atoms with E-state index in [0.717, 1.165) is 6.42 Å². The van der Waals surface area contributed by atoms with Gasteiger partial charge >= 0.3 is 0 Å².